The molecule has 4 rings (SSSR count). The highest BCUT2D eigenvalue weighted by atomic mass is 19.1. The van der Waals surface area contributed by atoms with Crippen molar-refractivity contribution in [3.8, 4) is 17.0 Å². The Morgan fingerprint density at radius 3 is 2.62 bits per heavy atom. The first-order chi connectivity index (χ1) is 12.7. The van der Waals surface area contributed by atoms with Gasteiger partial charge in [-0.15, -0.1) is 0 Å². The van der Waals surface area contributed by atoms with Gasteiger partial charge in [0, 0.05) is 12.1 Å². The van der Waals surface area contributed by atoms with Gasteiger partial charge < -0.3 is 10.4 Å². The fourth-order valence-electron chi connectivity index (χ4n) is 2.61. The lowest BCUT2D eigenvalue weighted by molar-refractivity contribution is 0.475. The molecule has 2 aromatic heterocycles. The summed E-state index contributed by atoms with van der Waals surface area (Å²) in [7, 11) is 0. The van der Waals surface area contributed by atoms with Gasteiger partial charge in [0.15, 0.2) is 5.65 Å². The van der Waals surface area contributed by atoms with E-state index >= 15 is 0 Å². The summed E-state index contributed by atoms with van der Waals surface area (Å²) >= 11 is 0. The highest BCUT2D eigenvalue weighted by molar-refractivity contribution is 5.75. The van der Waals surface area contributed by atoms with Crippen LogP contribution in [-0.4, -0.2) is 20.1 Å². The molecule has 128 valence electrons. The van der Waals surface area contributed by atoms with E-state index in [0.717, 1.165) is 11.1 Å². The number of fused-ring (bicyclic) bond motifs is 1. The van der Waals surface area contributed by atoms with Crippen molar-refractivity contribution in [2.45, 2.75) is 6.54 Å². The first-order valence-electron chi connectivity index (χ1n) is 8.09. The molecular formula is C20H15FN4O. The first kappa shape index (κ1) is 16.0. The van der Waals surface area contributed by atoms with Crippen LogP contribution < -0.4 is 5.32 Å². The quantitative estimate of drug-likeness (QED) is 0.581. The average molecular weight is 346 g/mol. The number of nitrogens with one attached hydrogen (secondary N) is 1. The maximum absolute atomic E-state index is 13.3. The van der Waals surface area contributed by atoms with Crippen molar-refractivity contribution in [2.24, 2.45) is 0 Å². The molecule has 0 fully saturated rings. The van der Waals surface area contributed by atoms with Gasteiger partial charge in [0.2, 0.25) is 0 Å². The number of halogens is 1. The molecule has 0 bridgehead atoms. The van der Waals surface area contributed by atoms with Gasteiger partial charge in [0.05, 0.1) is 11.9 Å². The fraction of sp³-hybridized carbons (Fsp3) is 0.0500. The standard InChI is InChI=1S/C20H15FN4O/c21-15-3-1-2-13(10-15)11-23-19-9-8-17-20(25-19)24-18(12-22-17)14-4-6-16(26)7-5-14/h1-10,12,26H,11H2,(H,23,24,25). The number of phenols is 1. The van der Waals surface area contributed by atoms with E-state index in [-0.39, 0.29) is 11.6 Å². The molecule has 0 saturated heterocycles. The van der Waals surface area contributed by atoms with E-state index in [4.69, 9.17) is 0 Å². The number of benzene rings is 2. The second-order valence-corrected chi connectivity index (χ2v) is 5.82. The molecule has 0 aliphatic carbocycles. The normalized spacial score (nSPS) is 10.8. The first-order valence-corrected chi connectivity index (χ1v) is 8.09. The molecular weight excluding hydrogens is 331 g/mol. The van der Waals surface area contributed by atoms with E-state index in [2.05, 4.69) is 20.3 Å². The van der Waals surface area contributed by atoms with E-state index < -0.39 is 0 Å². The van der Waals surface area contributed by atoms with Crippen molar-refractivity contribution >= 4 is 17.0 Å². The summed E-state index contributed by atoms with van der Waals surface area (Å²) in [5, 5.41) is 12.6. The van der Waals surface area contributed by atoms with E-state index in [1.54, 1.807) is 36.5 Å². The van der Waals surface area contributed by atoms with Gasteiger partial charge in [-0.1, -0.05) is 12.1 Å². The molecule has 6 heteroatoms. The molecule has 26 heavy (non-hydrogen) atoms. The molecule has 0 spiro atoms. The fourth-order valence-corrected chi connectivity index (χ4v) is 2.61. The van der Waals surface area contributed by atoms with Gasteiger partial charge in [-0.25, -0.2) is 14.4 Å². The molecule has 0 atom stereocenters. The molecule has 0 radical (unpaired) electrons. The highest BCUT2D eigenvalue weighted by Crippen LogP contribution is 2.21. The smallest absolute Gasteiger partial charge is 0.180 e. The molecule has 0 aliphatic heterocycles. The Morgan fingerprint density at radius 1 is 0.962 bits per heavy atom. The molecule has 0 unspecified atom stereocenters. The van der Waals surface area contributed by atoms with Crippen molar-refractivity contribution < 1.29 is 9.50 Å². The van der Waals surface area contributed by atoms with Crippen molar-refractivity contribution in [3.63, 3.8) is 0 Å². The van der Waals surface area contributed by atoms with Crippen LogP contribution in [0.5, 0.6) is 5.75 Å². The number of aromatic hydroxyl groups is 1. The number of hydrogen-bond donors (Lipinski definition) is 2. The number of hydrogen-bond acceptors (Lipinski definition) is 5. The molecule has 2 heterocycles. The Balaban J connectivity index is 1.60. The highest BCUT2D eigenvalue weighted by Gasteiger charge is 2.06. The minimum absolute atomic E-state index is 0.199. The van der Waals surface area contributed by atoms with Gasteiger partial charge >= 0.3 is 0 Å². The molecule has 0 amide bonds. The van der Waals surface area contributed by atoms with Crippen molar-refractivity contribution in [3.05, 3.63) is 78.2 Å². The largest absolute Gasteiger partial charge is 0.508 e. The third-order valence-corrected chi connectivity index (χ3v) is 3.93. The second kappa shape index (κ2) is 6.76. The molecule has 2 N–H and O–H groups in total. The van der Waals surface area contributed by atoms with Gasteiger partial charge in [-0.3, -0.25) is 4.98 Å². The Bertz CT molecular complexity index is 1070. The molecule has 5 nitrogen and oxygen atoms in total. The predicted molar refractivity (Wildman–Crippen MR) is 98.2 cm³/mol. The summed E-state index contributed by atoms with van der Waals surface area (Å²) in [6, 6.07) is 16.8. The summed E-state index contributed by atoms with van der Waals surface area (Å²) in [6.07, 6.45) is 1.68. The van der Waals surface area contributed by atoms with Gasteiger partial charge in [-0.05, 0) is 54.1 Å². The lowest BCUT2D eigenvalue weighted by atomic mass is 10.1. The monoisotopic (exact) mass is 346 g/mol. The van der Waals surface area contributed by atoms with Crippen molar-refractivity contribution in [1.82, 2.24) is 15.0 Å². The van der Waals surface area contributed by atoms with Crippen LogP contribution in [0.15, 0.2) is 66.9 Å². The van der Waals surface area contributed by atoms with E-state index in [0.29, 0.717) is 29.2 Å². The summed E-state index contributed by atoms with van der Waals surface area (Å²) in [6.45, 7) is 0.460. The van der Waals surface area contributed by atoms with Crippen LogP contribution in [0.3, 0.4) is 0 Å². The summed E-state index contributed by atoms with van der Waals surface area (Å²) in [5.41, 5.74) is 3.55. The SMILES string of the molecule is Oc1ccc(-c2cnc3ccc(NCc4cccc(F)c4)nc3n2)cc1. The molecule has 0 saturated carbocycles. The van der Waals surface area contributed by atoms with Gasteiger partial charge in [0.1, 0.15) is 22.9 Å². The van der Waals surface area contributed by atoms with Crippen LogP contribution in [0.1, 0.15) is 5.56 Å². The molecule has 0 aliphatic rings. The van der Waals surface area contributed by atoms with E-state index in [1.807, 2.05) is 18.2 Å². The van der Waals surface area contributed by atoms with Crippen LogP contribution in [0.2, 0.25) is 0 Å². The maximum Gasteiger partial charge on any atom is 0.180 e. The van der Waals surface area contributed by atoms with Crippen LogP contribution >= 0.6 is 0 Å². The average Bonchev–Trinajstić information content (AvgIpc) is 2.66. The number of phenolic OH excluding ortho intramolecular Hbond substituents is 1. The summed E-state index contributed by atoms with van der Waals surface area (Å²) in [4.78, 5) is 13.4. The summed E-state index contributed by atoms with van der Waals surface area (Å²) in [5.74, 6) is 0.573. The maximum atomic E-state index is 13.3. The second-order valence-electron chi connectivity index (χ2n) is 5.82. The van der Waals surface area contributed by atoms with Crippen LogP contribution in [0.25, 0.3) is 22.4 Å². The zero-order chi connectivity index (χ0) is 17.9. The third kappa shape index (κ3) is 3.44. The number of nitrogens with zero attached hydrogens (tertiary/aromatic N) is 3. The van der Waals surface area contributed by atoms with E-state index in [9.17, 15) is 9.50 Å². The van der Waals surface area contributed by atoms with E-state index in [1.165, 1.54) is 12.1 Å². The predicted octanol–water partition coefficient (Wildman–Crippen LogP) is 4.15. The lowest BCUT2D eigenvalue weighted by Gasteiger charge is -2.07. The summed E-state index contributed by atoms with van der Waals surface area (Å²) < 4.78 is 13.3. The van der Waals surface area contributed by atoms with Crippen LogP contribution in [-0.2, 0) is 6.54 Å². The van der Waals surface area contributed by atoms with Gasteiger partial charge in [-0.2, -0.15) is 0 Å². The van der Waals surface area contributed by atoms with Crippen molar-refractivity contribution in [1.29, 1.82) is 0 Å². The van der Waals surface area contributed by atoms with Crippen molar-refractivity contribution in [2.75, 3.05) is 5.32 Å². The Hall–Kier alpha value is -3.54. The lowest BCUT2D eigenvalue weighted by Crippen LogP contribution is -2.02. The Morgan fingerprint density at radius 2 is 1.81 bits per heavy atom. The zero-order valence-electron chi connectivity index (χ0n) is 13.7. The minimum atomic E-state index is -0.264. The topological polar surface area (TPSA) is 70.9 Å². The minimum Gasteiger partial charge on any atom is -0.508 e. The number of pyridine rings is 1. The zero-order valence-corrected chi connectivity index (χ0v) is 13.7. The van der Waals surface area contributed by atoms with Gasteiger partial charge in [0.25, 0.3) is 0 Å². The number of rotatable bonds is 4. The van der Waals surface area contributed by atoms with Crippen LogP contribution in [0, 0.1) is 5.82 Å². The number of anilines is 1. The molecule has 2 aromatic carbocycles. The van der Waals surface area contributed by atoms with Crippen LogP contribution in [0.4, 0.5) is 10.2 Å². The Labute approximate surface area is 149 Å². The molecule has 4 aromatic rings. The number of aromatic nitrogens is 3. The Kier molecular flexibility index (Phi) is 4.15. The third-order valence-electron chi connectivity index (χ3n) is 3.93.